The summed E-state index contributed by atoms with van der Waals surface area (Å²) in [5, 5.41) is 18.6. The van der Waals surface area contributed by atoms with E-state index in [4.69, 9.17) is 0 Å². The van der Waals surface area contributed by atoms with Crippen molar-refractivity contribution >= 4 is 11.9 Å². The van der Waals surface area contributed by atoms with Gasteiger partial charge < -0.3 is 10.4 Å². The fraction of sp³-hybridized carbons (Fsp3) is 0.692. The first-order valence-corrected chi connectivity index (χ1v) is 6.63. The molecule has 0 saturated heterocycles. The van der Waals surface area contributed by atoms with Crippen LogP contribution in [0, 0.1) is 5.41 Å². The van der Waals surface area contributed by atoms with Crippen molar-refractivity contribution in [3.05, 3.63) is 11.6 Å². The molecule has 1 amide bonds. The molecule has 1 aliphatic rings. The second-order valence-electron chi connectivity index (χ2n) is 6.33. The average molecular weight is 280 g/mol. The Labute approximate surface area is 117 Å². The van der Waals surface area contributed by atoms with E-state index < -0.39 is 22.8 Å². The fourth-order valence-corrected chi connectivity index (χ4v) is 1.68. The van der Waals surface area contributed by atoms with Crippen LogP contribution >= 0.6 is 0 Å². The van der Waals surface area contributed by atoms with Crippen molar-refractivity contribution in [2.45, 2.75) is 52.0 Å². The predicted octanol–water partition coefficient (Wildman–Crippen LogP) is 1.30. The number of rotatable bonds is 5. The lowest BCUT2D eigenvalue weighted by Gasteiger charge is -2.38. The standard InChI is InChI=1S/C13H20N4O3/c1-12(2,11(19)20)13(3,4)15-10(18)9-14-8(16-17-9)7-5-6-7/h7H,5-6H2,1-4H3,(H,15,18)(H,19,20)(H,14,16,17). The van der Waals surface area contributed by atoms with Crippen LogP contribution in [-0.2, 0) is 4.79 Å². The number of amides is 1. The number of nitrogens with one attached hydrogen (secondary N) is 2. The zero-order chi connectivity index (χ0) is 15.1. The van der Waals surface area contributed by atoms with E-state index in [-0.39, 0.29) is 5.82 Å². The third kappa shape index (κ3) is 2.52. The van der Waals surface area contributed by atoms with Gasteiger partial charge in [0.05, 0.1) is 11.0 Å². The molecule has 0 unspecified atom stereocenters. The molecule has 0 radical (unpaired) electrons. The highest BCUT2D eigenvalue weighted by molar-refractivity contribution is 5.91. The molecule has 1 aliphatic carbocycles. The van der Waals surface area contributed by atoms with E-state index in [2.05, 4.69) is 20.5 Å². The summed E-state index contributed by atoms with van der Waals surface area (Å²) in [6.07, 6.45) is 2.13. The number of hydrogen-bond acceptors (Lipinski definition) is 4. The Hall–Kier alpha value is -1.92. The molecule has 3 N–H and O–H groups in total. The smallest absolute Gasteiger partial charge is 0.311 e. The molecule has 1 heterocycles. The first-order valence-electron chi connectivity index (χ1n) is 6.63. The number of H-pyrrole nitrogens is 1. The van der Waals surface area contributed by atoms with Gasteiger partial charge >= 0.3 is 5.97 Å². The minimum atomic E-state index is -1.11. The number of carboxylic acids is 1. The molecule has 0 aromatic carbocycles. The summed E-state index contributed by atoms with van der Waals surface area (Å²) in [4.78, 5) is 27.6. The maximum Gasteiger partial charge on any atom is 0.311 e. The summed E-state index contributed by atoms with van der Waals surface area (Å²) in [6, 6.07) is 0. The molecule has 0 spiro atoms. The summed E-state index contributed by atoms with van der Waals surface area (Å²) < 4.78 is 0. The van der Waals surface area contributed by atoms with Gasteiger partial charge in [-0.15, -0.1) is 5.10 Å². The molecule has 110 valence electrons. The number of carboxylic acid groups (broad SMARTS) is 1. The van der Waals surface area contributed by atoms with Gasteiger partial charge in [0, 0.05) is 5.92 Å². The van der Waals surface area contributed by atoms with E-state index in [1.165, 1.54) is 0 Å². The van der Waals surface area contributed by atoms with Crippen molar-refractivity contribution < 1.29 is 14.7 Å². The van der Waals surface area contributed by atoms with Crippen LogP contribution in [0.3, 0.4) is 0 Å². The Kier molecular flexibility index (Phi) is 3.31. The van der Waals surface area contributed by atoms with Crippen molar-refractivity contribution in [1.82, 2.24) is 20.5 Å². The van der Waals surface area contributed by atoms with Gasteiger partial charge in [-0.05, 0) is 40.5 Å². The lowest BCUT2D eigenvalue weighted by atomic mass is 9.74. The average Bonchev–Trinajstić information content (AvgIpc) is 3.05. The number of aromatic amines is 1. The first kappa shape index (κ1) is 14.5. The van der Waals surface area contributed by atoms with Crippen LogP contribution < -0.4 is 5.32 Å². The minimum Gasteiger partial charge on any atom is -0.481 e. The highest BCUT2D eigenvalue weighted by atomic mass is 16.4. The minimum absolute atomic E-state index is 0.0566. The van der Waals surface area contributed by atoms with Gasteiger partial charge in [-0.1, -0.05) is 0 Å². The topological polar surface area (TPSA) is 108 Å². The molecule has 7 nitrogen and oxygen atoms in total. The lowest BCUT2D eigenvalue weighted by molar-refractivity contribution is -0.150. The number of nitrogens with zero attached hydrogens (tertiary/aromatic N) is 2. The van der Waals surface area contributed by atoms with E-state index in [9.17, 15) is 14.7 Å². The van der Waals surface area contributed by atoms with E-state index in [1.54, 1.807) is 27.7 Å². The van der Waals surface area contributed by atoms with Gasteiger partial charge in [-0.3, -0.25) is 14.7 Å². The number of carbonyl (C=O) groups is 2. The van der Waals surface area contributed by atoms with Gasteiger partial charge in [0.2, 0.25) is 5.82 Å². The van der Waals surface area contributed by atoms with Crippen molar-refractivity contribution in [2.75, 3.05) is 0 Å². The Morgan fingerprint density at radius 1 is 1.30 bits per heavy atom. The van der Waals surface area contributed by atoms with E-state index >= 15 is 0 Å². The number of carbonyl (C=O) groups excluding carboxylic acids is 1. The molecule has 0 bridgehead atoms. The Bertz CT molecular complexity index is 544. The van der Waals surface area contributed by atoms with Crippen LogP contribution in [0.2, 0.25) is 0 Å². The second kappa shape index (κ2) is 4.57. The molecule has 0 aliphatic heterocycles. The second-order valence-corrected chi connectivity index (χ2v) is 6.33. The molecule has 20 heavy (non-hydrogen) atoms. The highest BCUT2D eigenvalue weighted by Gasteiger charge is 2.45. The molecular weight excluding hydrogens is 260 g/mol. The van der Waals surface area contributed by atoms with Gasteiger partial charge in [-0.25, -0.2) is 4.98 Å². The van der Waals surface area contributed by atoms with Crippen LogP contribution in [0.1, 0.15) is 62.9 Å². The lowest BCUT2D eigenvalue weighted by Crippen LogP contribution is -2.57. The van der Waals surface area contributed by atoms with Crippen molar-refractivity contribution in [2.24, 2.45) is 5.41 Å². The molecule has 1 fully saturated rings. The molecule has 1 aromatic heterocycles. The third-order valence-electron chi connectivity index (χ3n) is 4.19. The highest BCUT2D eigenvalue weighted by Crippen LogP contribution is 2.37. The maximum atomic E-state index is 12.1. The van der Waals surface area contributed by atoms with Crippen LogP contribution in [0.15, 0.2) is 0 Å². The van der Waals surface area contributed by atoms with Gasteiger partial charge in [0.15, 0.2) is 0 Å². The van der Waals surface area contributed by atoms with E-state index in [0.29, 0.717) is 5.92 Å². The third-order valence-corrected chi connectivity index (χ3v) is 4.19. The van der Waals surface area contributed by atoms with Crippen molar-refractivity contribution in [1.29, 1.82) is 0 Å². The molecular formula is C13H20N4O3. The normalized spacial score (nSPS) is 16.0. The molecule has 7 heteroatoms. The van der Waals surface area contributed by atoms with Gasteiger partial charge in [0.1, 0.15) is 5.82 Å². The monoisotopic (exact) mass is 280 g/mol. The predicted molar refractivity (Wildman–Crippen MR) is 71.3 cm³/mol. The largest absolute Gasteiger partial charge is 0.481 e. The molecule has 1 saturated carbocycles. The Morgan fingerprint density at radius 2 is 1.90 bits per heavy atom. The van der Waals surface area contributed by atoms with E-state index in [1.807, 2.05) is 0 Å². The maximum absolute atomic E-state index is 12.1. The van der Waals surface area contributed by atoms with Gasteiger partial charge in [0.25, 0.3) is 5.91 Å². The van der Waals surface area contributed by atoms with Crippen LogP contribution in [0.25, 0.3) is 0 Å². The summed E-state index contributed by atoms with van der Waals surface area (Å²) in [5.41, 5.74) is -2.05. The summed E-state index contributed by atoms with van der Waals surface area (Å²) >= 11 is 0. The zero-order valence-electron chi connectivity index (χ0n) is 12.1. The molecule has 0 atom stereocenters. The summed E-state index contributed by atoms with van der Waals surface area (Å²) in [6.45, 7) is 6.49. The quantitative estimate of drug-likeness (QED) is 0.753. The summed E-state index contributed by atoms with van der Waals surface area (Å²) in [7, 11) is 0. The molecule has 1 aromatic rings. The zero-order valence-corrected chi connectivity index (χ0v) is 12.1. The van der Waals surface area contributed by atoms with Crippen molar-refractivity contribution in [3.63, 3.8) is 0 Å². The Balaban J connectivity index is 2.11. The number of hydrogen-bond donors (Lipinski definition) is 3. The van der Waals surface area contributed by atoms with Crippen molar-refractivity contribution in [3.8, 4) is 0 Å². The fourth-order valence-electron chi connectivity index (χ4n) is 1.68. The Morgan fingerprint density at radius 3 is 2.40 bits per heavy atom. The van der Waals surface area contributed by atoms with Crippen LogP contribution in [0.4, 0.5) is 0 Å². The molecule has 2 rings (SSSR count). The number of aromatic nitrogens is 3. The summed E-state index contributed by atoms with van der Waals surface area (Å²) in [5.74, 6) is -0.275. The number of aliphatic carboxylic acids is 1. The first-order chi connectivity index (χ1) is 9.15. The van der Waals surface area contributed by atoms with Crippen LogP contribution in [0.5, 0.6) is 0 Å². The van der Waals surface area contributed by atoms with Gasteiger partial charge in [-0.2, -0.15) is 0 Å². The van der Waals surface area contributed by atoms with E-state index in [0.717, 1.165) is 18.7 Å². The SMILES string of the molecule is CC(C)(NC(=O)c1n[nH]c(C2CC2)n1)C(C)(C)C(=O)O. The van der Waals surface area contributed by atoms with Crippen LogP contribution in [-0.4, -0.2) is 37.7 Å².